The van der Waals surface area contributed by atoms with Gasteiger partial charge in [0.15, 0.2) is 0 Å². The lowest BCUT2D eigenvalue weighted by Gasteiger charge is -2.13. The zero-order chi connectivity index (χ0) is 15.6. The minimum Gasteiger partial charge on any atom is -0.405 e. The fourth-order valence-electron chi connectivity index (χ4n) is 1.74. The predicted molar refractivity (Wildman–Crippen MR) is 79.7 cm³/mol. The molecule has 0 amide bonds. The molecule has 0 aliphatic heterocycles. The van der Waals surface area contributed by atoms with Gasteiger partial charge in [0.2, 0.25) is 0 Å². The summed E-state index contributed by atoms with van der Waals surface area (Å²) in [5, 5.41) is 3.04. The average Bonchev–Trinajstić information content (AvgIpc) is 2.35. The van der Waals surface area contributed by atoms with Crippen LogP contribution in [-0.4, -0.2) is 6.36 Å². The molecule has 0 heterocycles. The van der Waals surface area contributed by atoms with Crippen molar-refractivity contribution in [2.24, 2.45) is 0 Å². The summed E-state index contributed by atoms with van der Waals surface area (Å²) in [4.78, 5) is 0. The van der Waals surface area contributed by atoms with E-state index >= 15 is 0 Å². The van der Waals surface area contributed by atoms with Crippen LogP contribution in [0, 0.1) is 6.92 Å². The number of nitrogen functional groups attached to an aromatic ring is 1. The molecule has 0 aliphatic rings. The number of hydrogen-bond acceptors (Lipinski definition) is 3. The van der Waals surface area contributed by atoms with E-state index < -0.39 is 6.36 Å². The normalized spacial score (nSPS) is 11.3. The summed E-state index contributed by atoms with van der Waals surface area (Å²) < 4.78 is 40.6. The Hall–Kier alpha value is -1.89. The number of nitrogens with one attached hydrogen (secondary N) is 1. The molecule has 2 aromatic carbocycles. The van der Waals surface area contributed by atoms with E-state index in [1.807, 2.05) is 13.0 Å². The highest BCUT2D eigenvalue weighted by Crippen LogP contribution is 2.34. The van der Waals surface area contributed by atoms with Crippen molar-refractivity contribution in [2.75, 3.05) is 11.1 Å². The van der Waals surface area contributed by atoms with Gasteiger partial charge in [-0.2, -0.15) is 0 Å². The molecule has 0 radical (unpaired) electrons. The van der Waals surface area contributed by atoms with Gasteiger partial charge in [0.05, 0.1) is 15.8 Å². The fraction of sp³-hybridized carbons (Fsp3) is 0.143. The Kier molecular flexibility index (Phi) is 4.32. The third-order valence-electron chi connectivity index (χ3n) is 2.64. The number of alkyl halides is 3. The van der Waals surface area contributed by atoms with E-state index in [1.165, 1.54) is 18.2 Å². The van der Waals surface area contributed by atoms with Gasteiger partial charge in [0.1, 0.15) is 5.75 Å². The van der Waals surface area contributed by atoms with Crippen molar-refractivity contribution in [2.45, 2.75) is 13.3 Å². The molecule has 0 spiro atoms. The van der Waals surface area contributed by atoms with Gasteiger partial charge < -0.3 is 15.8 Å². The molecular formula is C14H12BrF3N2O. The predicted octanol–water partition coefficient (Wildman–Crippen LogP) is 4.98. The van der Waals surface area contributed by atoms with E-state index in [9.17, 15) is 13.2 Å². The van der Waals surface area contributed by atoms with Crippen LogP contribution < -0.4 is 15.8 Å². The summed E-state index contributed by atoms with van der Waals surface area (Å²) >= 11 is 3.05. The maximum atomic E-state index is 12.2. The second-order valence-electron chi connectivity index (χ2n) is 4.41. The molecule has 0 bridgehead atoms. The third-order valence-corrected chi connectivity index (χ3v) is 3.26. The molecule has 0 saturated heterocycles. The van der Waals surface area contributed by atoms with Crippen LogP contribution in [0.2, 0.25) is 0 Å². The molecule has 0 aromatic heterocycles. The molecule has 0 saturated carbocycles. The first kappa shape index (κ1) is 15.5. The standard InChI is InChI=1S/C14H12BrF3N2O/c1-8-2-4-12(11(19)6-8)20-9-3-5-13(10(15)7-9)21-14(16,17)18/h2-7,20H,19H2,1H3. The van der Waals surface area contributed by atoms with Gasteiger partial charge in [0, 0.05) is 5.69 Å². The molecule has 7 heteroatoms. The van der Waals surface area contributed by atoms with Crippen molar-refractivity contribution < 1.29 is 17.9 Å². The van der Waals surface area contributed by atoms with Crippen molar-refractivity contribution in [3.8, 4) is 5.75 Å². The van der Waals surface area contributed by atoms with Crippen LogP contribution in [0.5, 0.6) is 5.75 Å². The minimum absolute atomic E-state index is 0.190. The molecule has 0 unspecified atom stereocenters. The highest BCUT2D eigenvalue weighted by Gasteiger charge is 2.31. The molecule has 0 fully saturated rings. The molecule has 112 valence electrons. The summed E-state index contributed by atoms with van der Waals surface area (Å²) in [6.45, 7) is 1.92. The number of hydrogen-bond donors (Lipinski definition) is 2. The fourth-order valence-corrected chi connectivity index (χ4v) is 2.20. The van der Waals surface area contributed by atoms with Gasteiger partial charge in [0.25, 0.3) is 0 Å². The van der Waals surface area contributed by atoms with Gasteiger partial charge in [-0.15, -0.1) is 13.2 Å². The van der Waals surface area contributed by atoms with Crippen molar-refractivity contribution in [3.05, 3.63) is 46.4 Å². The number of ether oxygens (including phenoxy) is 1. The summed E-state index contributed by atoms with van der Waals surface area (Å²) in [6, 6.07) is 9.68. The molecular weight excluding hydrogens is 349 g/mol. The smallest absolute Gasteiger partial charge is 0.405 e. The monoisotopic (exact) mass is 360 g/mol. The zero-order valence-corrected chi connectivity index (χ0v) is 12.5. The molecule has 2 rings (SSSR count). The van der Waals surface area contributed by atoms with Gasteiger partial charge in [-0.1, -0.05) is 6.07 Å². The minimum atomic E-state index is -4.72. The average molecular weight is 361 g/mol. The number of benzene rings is 2. The van der Waals surface area contributed by atoms with E-state index in [4.69, 9.17) is 5.73 Å². The Morgan fingerprint density at radius 1 is 1.14 bits per heavy atom. The number of nitrogens with two attached hydrogens (primary N) is 1. The zero-order valence-electron chi connectivity index (χ0n) is 11.0. The molecule has 2 aromatic rings. The highest BCUT2D eigenvalue weighted by atomic mass is 79.9. The van der Waals surface area contributed by atoms with E-state index in [0.29, 0.717) is 17.1 Å². The SMILES string of the molecule is Cc1ccc(Nc2ccc(OC(F)(F)F)c(Br)c2)c(N)c1. The van der Waals surface area contributed by atoms with Crippen molar-refractivity contribution in [1.82, 2.24) is 0 Å². The lowest BCUT2D eigenvalue weighted by molar-refractivity contribution is -0.274. The lowest BCUT2D eigenvalue weighted by atomic mass is 10.2. The van der Waals surface area contributed by atoms with Crippen LogP contribution in [-0.2, 0) is 0 Å². The molecule has 0 aliphatic carbocycles. The second-order valence-corrected chi connectivity index (χ2v) is 5.26. The Morgan fingerprint density at radius 3 is 2.43 bits per heavy atom. The largest absolute Gasteiger partial charge is 0.573 e. The summed E-state index contributed by atoms with van der Waals surface area (Å²) in [7, 11) is 0. The third kappa shape index (κ3) is 4.29. The highest BCUT2D eigenvalue weighted by molar-refractivity contribution is 9.10. The topological polar surface area (TPSA) is 47.3 Å². The Morgan fingerprint density at radius 2 is 1.86 bits per heavy atom. The number of anilines is 3. The first-order valence-electron chi connectivity index (χ1n) is 5.93. The van der Waals surface area contributed by atoms with E-state index in [1.54, 1.807) is 12.1 Å². The molecule has 0 atom stereocenters. The molecule has 21 heavy (non-hydrogen) atoms. The van der Waals surface area contributed by atoms with Gasteiger partial charge in [-0.25, -0.2) is 0 Å². The van der Waals surface area contributed by atoms with Crippen molar-refractivity contribution in [1.29, 1.82) is 0 Å². The Labute approximate surface area is 128 Å². The van der Waals surface area contributed by atoms with E-state index in [0.717, 1.165) is 5.56 Å². The van der Waals surface area contributed by atoms with E-state index in [2.05, 4.69) is 26.0 Å². The van der Waals surface area contributed by atoms with Crippen LogP contribution in [0.3, 0.4) is 0 Å². The van der Waals surface area contributed by atoms with Crippen LogP contribution >= 0.6 is 15.9 Å². The number of halogens is 4. The maximum absolute atomic E-state index is 12.2. The summed E-state index contributed by atoms with van der Waals surface area (Å²) in [6.07, 6.45) is -4.72. The number of rotatable bonds is 3. The Bertz CT molecular complexity index is 659. The van der Waals surface area contributed by atoms with Crippen LogP contribution in [0.25, 0.3) is 0 Å². The van der Waals surface area contributed by atoms with Gasteiger partial charge >= 0.3 is 6.36 Å². The van der Waals surface area contributed by atoms with Crippen LogP contribution in [0.15, 0.2) is 40.9 Å². The van der Waals surface area contributed by atoms with Crippen LogP contribution in [0.1, 0.15) is 5.56 Å². The van der Waals surface area contributed by atoms with Gasteiger partial charge in [-0.05, 0) is 58.7 Å². The Balaban J connectivity index is 2.20. The molecule has 3 nitrogen and oxygen atoms in total. The molecule has 3 N–H and O–H groups in total. The maximum Gasteiger partial charge on any atom is 0.573 e. The number of aryl methyl sites for hydroxylation is 1. The van der Waals surface area contributed by atoms with Crippen LogP contribution in [0.4, 0.5) is 30.2 Å². The first-order valence-corrected chi connectivity index (χ1v) is 6.72. The second kappa shape index (κ2) is 5.85. The summed E-state index contributed by atoms with van der Waals surface area (Å²) in [5.41, 5.74) is 8.72. The van der Waals surface area contributed by atoms with E-state index in [-0.39, 0.29) is 10.2 Å². The van der Waals surface area contributed by atoms with Gasteiger partial charge in [-0.3, -0.25) is 0 Å². The van der Waals surface area contributed by atoms with Crippen molar-refractivity contribution >= 4 is 33.0 Å². The quantitative estimate of drug-likeness (QED) is 0.758. The summed E-state index contributed by atoms with van der Waals surface area (Å²) in [5.74, 6) is -0.301. The first-order chi connectivity index (χ1) is 9.74. The lowest BCUT2D eigenvalue weighted by Crippen LogP contribution is -2.17. The van der Waals surface area contributed by atoms with Crippen molar-refractivity contribution in [3.63, 3.8) is 0 Å².